The first-order valence-corrected chi connectivity index (χ1v) is 6.33. The van der Waals surface area contributed by atoms with Gasteiger partial charge in [0.25, 0.3) is 5.56 Å². The number of aromatic nitrogens is 1. The van der Waals surface area contributed by atoms with Crippen molar-refractivity contribution in [2.75, 3.05) is 26.7 Å². The standard InChI is InChI=1S/C13H21N3O/c1-15-9-5-12(6-10-15)14-7-11-16-8-3-2-4-13(16)17/h2-4,8,12,14H,5-7,9-11H2,1H3. The molecule has 0 atom stereocenters. The molecule has 1 saturated heterocycles. The maximum Gasteiger partial charge on any atom is 0.250 e. The van der Waals surface area contributed by atoms with Gasteiger partial charge in [0.05, 0.1) is 0 Å². The van der Waals surface area contributed by atoms with E-state index in [1.165, 1.54) is 25.9 Å². The molecule has 0 aromatic carbocycles. The quantitative estimate of drug-likeness (QED) is 0.827. The van der Waals surface area contributed by atoms with E-state index in [1.807, 2.05) is 12.3 Å². The monoisotopic (exact) mass is 235 g/mol. The summed E-state index contributed by atoms with van der Waals surface area (Å²) in [5.41, 5.74) is 0.0812. The van der Waals surface area contributed by atoms with Gasteiger partial charge in [0.1, 0.15) is 0 Å². The van der Waals surface area contributed by atoms with Gasteiger partial charge in [-0.15, -0.1) is 0 Å². The number of hydrogen-bond donors (Lipinski definition) is 1. The Kier molecular flexibility index (Phi) is 4.34. The van der Waals surface area contributed by atoms with Crippen LogP contribution in [0.25, 0.3) is 0 Å². The number of piperidine rings is 1. The minimum atomic E-state index is 0.0812. The first-order valence-electron chi connectivity index (χ1n) is 6.33. The lowest BCUT2D eigenvalue weighted by Gasteiger charge is -2.29. The van der Waals surface area contributed by atoms with E-state index in [4.69, 9.17) is 0 Å². The average molecular weight is 235 g/mol. The summed E-state index contributed by atoms with van der Waals surface area (Å²) in [7, 11) is 2.17. The van der Waals surface area contributed by atoms with Crippen LogP contribution in [0.15, 0.2) is 29.2 Å². The topological polar surface area (TPSA) is 37.3 Å². The molecule has 0 spiro atoms. The van der Waals surface area contributed by atoms with E-state index in [2.05, 4.69) is 17.3 Å². The number of rotatable bonds is 4. The van der Waals surface area contributed by atoms with Crippen LogP contribution in [0.5, 0.6) is 0 Å². The molecule has 0 aliphatic carbocycles. The highest BCUT2D eigenvalue weighted by atomic mass is 16.1. The van der Waals surface area contributed by atoms with Crippen LogP contribution >= 0.6 is 0 Å². The van der Waals surface area contributed by atoms with Crippen LogP contribution in [0, 0.1) is 0 Å². The van der Waals surface area contributed by atoms with Gasteiger partial charge in [-0.1, -0.05) is 6.07 Å². The number of pyridine rings is 1. The molecule has 0 unspecified atom stereocenters. The van der Waals surface area contributed by atoms with E-state index in [0.29, 0.717) is 6.04 Å². The Morgan fingerprint density at radius 2 is 2.12 bits per heavy atom. The Balaban J connectivity index is 1.73. The summed E-state index contributed by atoms with van der Waals surface area (Å²) in [6.07, 6.45) is 4.26. The zero-order chi connectivity index (χ0) is 12.1. The van der Waals surface area contributed by atoms with E-state index in [0.717, 1.165) is 13.1 Å². The van der Waals surface area contributed by atoms with E-state index in [-0.39, 0.29) is 5.56 Å². The van der Waals surface area contributed by atoms with Crippen LogP contribution < -0.4 is 10.9 Å². The van der Waals surface area contributed by atoms with E-state index < -0.39 is 0 Å². The Morgan fingerprint density at radius 1 is 1.35 bits per heavy atom. The highest BCUT2D eigenvalue weighted by molar-refractivity contribution is 4.93. The van der Waals surface area contributed by atoms with Crippen molar-refractivity contribution < 1.29 is 0 Å². The molecule has 0 saturated carbocycles. The summed E-state index contributed by atoms with van der Waals surface area (Å²) in [5, 5.41) is 3.53. The van der Waals surface area contributed by atoms with Crippen molar-refractivity contribution in [1.82, 2.24) is 14.8 Å². The van der Waals surface area contributed by atoms with Crippen molar-refractivity contribution >= 4 is 0 Å². The summed E-state index contributed by atoms with van der Waals surface area (Å²) in [6, 6.07) is 5.90. The third-order valence-electron chi connectivity index (χ3n) is 3.40. The fourth-order valence-corrected chi connectivity index (χ4v) is 2.25. The molecule has 4 nitrogen and oxygen atoms in total. The minimum Gasteiger partial charge on any atom is -0.314 e. The van der Waals surface area contributed by atoms with Gasteiger partial charge in [-0.2, -0.15) is 0 Å². The Bertz CT molecular complexity index is 394. The molecule has 4 heteroatoms. The number of nitrogens with zero attached hydrogens (tertiary/aromatic N) is 2. The largest absolute Gasteiger partial charge is 0.314 e. The summed E-state index contributed by atoms with van der Waals surface area (Å²) in [6.45, 7) is 3.97. The normalized spacial score (nSPS) is 18.4. The second kappa shape index (κ2) is 5.98. The molecule has 1 aromatic rings. The maximum atomic E-state index is 11.5. The Hall–Kier alpha value is -1.13. The molecule has 94 valence electrons. The Labute approximate surface area is 102 Å². The fourth-order valence-electron chi connectivity index (χ4n) is 2.25. The Morgan fingerprint density at radius 3 is 2.82 bits per heavy atom. The number of likely N-dealkylation sites (tertiary alicyclic amines) is 1. The molecule has 1 N–H and O–H groups in total. The van der Waals surface area contributed by atoms with Crippen molar-refractivity contribution in [3.05, 3.63) is 34.7 Å². The van der Waals surface area contributed by atoms with Crippen LogP contribution in [-0.2, 0) is 6.54 Å². The molecule has 1 aliphatic rings. The number of hydrogen-bond acceptors (Lipinski definition) is 3. The van der Waals surface area contributed by atoms with Crippen molar-refractivity contribution in [2.45, 2.75) is 25.4 Å². The van der Waals surface area contributed by atoms with Crippen LogP contribution in [0.4, 0.5) is 0 Å². The van der Waals surface area contributed by atoms with Gasteiger partial charge in [0, 0.05) is 31.4 Å². The third kappa shape index (κ3) is 3.68. The third-order valence-corrected chi connectivity index (χ3v) is 3.40. The van der Waals surface area contributed by atoms with Crippen LogP contribution in [0.2, 0.25) is 0 Å². The van der Waals surface area contributed by atoms with E-state index in [9.17, 15) is 4.79 Å². The van der Waals surface area contributed by atoms with Gasteiger partial charge in [-0.25, -0.2) is 0 Å². The van der Waals surface area contributed by atoms with Crippen molar-refractivity contribution in [3.8, 4) is 0 Å². The van der Waals surface area contributed by atoms with Gasteiger partial charge in [-0.3, -0.25) is 4.79 Å². The SMILES string of the molecule is CN1CCC(NCCn2ccccc2=O)CC1. The minimum absolute atomic E-state index is 0.0812. The molecular weight excluding hydrogens is 214 g/mol. The van der Waals surface area contributed by atoms with Crippen LogP contribution in [0.3, 0.4) is 0 Å². The smallest absolute Gasteiger partial charge is 0.250 e. The molecule has 2 heterocycles. The van der Waals surface area contributed by atoms with E-state index in [1.54, 1.807) is 16.7 Å². The zero-order valence-corrected chi connectivity index (χ0v) is 10.4. The summed E-state index contributed by atoms with van der Waals surface area (Å²) < 4.78 is 1.75. The predicted octanol–water partition coefficient (Wildman–Crippen LogP) is 0.532. The maximum absolute atomic E-state index is 11.5. The summed E-state index contributed by atoms with van der Waals surface area (Å²) in [4.78, 5) is 13.8. The highest BCUT2D eigenvalue weighted by Gasteiger charge is 2.15. The summed E-state index contributed by atoms with van der Waals surface area (Å²) >= 11 is 0. The van der Waals surface area contributed by atoms with Crippen LogP contribution in [-0.4, -0.2) is 42.2 Å². The molecule has 0 bridgehead atoms. The summed E-state index contributed by atoms with van der Waals surface area (Å²) in [5.74, 6) is 0. The molecule has 1 aromatic heterocycles. The van der Waals surface area contributed by atoms with Gasteiger partial charge in [0.15, 0.2) is 0 Å². The predicted molar refractivity (Wildman–Crippen MR) is 69.2 cm³/mol. The van der Waals surface area contributed by atoms with Gasteiger partial charge < -0.3 is 14.8 Å². The second-order valence-electron chi connectivity index (χ2n) is 4.76. The average Bonchev–Trinajstić information content (AvgIpc) is 2.34. The molecule has 0 amide bonds. The van der Waals surface area contributed by atoms with Crippen LogP contribution in [0.1, 0.15) is 12.8 Å². The van der Waals surface area contributed by atoms with Crippen molar-refractivity contribution in [2.24, 2.45) is 0 Å². The lowest BCUT2D eigenvalue weighted by atomic mass is 10.1. The lowest BCUT2D eigenvalue weighted by molar-refractivity contribution is 0.234. The molecule has 1 fully saturated rings. The lowest BCUT2D eigenvalue weighted by Crippen LogP contribution is -2.42. The first-order chi connectivity index (χ1) is 8.25. The van der Waals surface area contributed by atoms with Gasteiger partial charge in [-0.05, 0) is 39.0 Å². The highest BCUT2D eigenvalue weighted by Crippen LogP contribution is 2.07. The van der Waals surface area contributed by atoms with Gasteiger partial charge >= 0.3 is 0 Å². The van der Waals surface area contributed by atoms with Crippen molar-refractivity contribution in [1.29, 1.82) is 0 Å². The van der Waals surface area contributed by atoms with Crippen molar-refractivity contribution in [3.63, 3.8) is 0 Å². The zero-order valence-electron chi connectivity index (χ0n) is 10.4. The fraction of sp³-hybridized carbons (Fsp3) is 0.615. The van der Waals surface area contributed by atoms with Gasteiger partial charge in [0.2, 0.25) is 0 Å². The second-order valence-corrected chi connectivity index (χ2v) is 4.76. The van der Waals surface area contributed by atoms with E-state index >= 15 is 0 Å². The molecule has 17 heavy (non-hydrogen) atoms. The molecule has 0 radical (unpaired) electrons. The molecular formula is C13H21N3O. The molecule has 2 rings (SSSR count). The first kappa shape index (κ1) is 12.3. The number of nitrogens with one attached hydrogen (secondary N) is 1. The molecule has 1 aliphatic heterocycles.